The number of ether oxygens (including phenoxy) is 2. The molecule has 0 saturated heterocycles. The molecule has 0 bridgehead atoms. The number of hydrogen-bond acceptors (Lipinski definition) is 2. The third-order valence-electron chi connectivity index (χ3n) is 1.44. The van der Waals surface area contributed by atoms with Gasteiger partial charge in [0.05, 0.1) is 14.2 Å². The molecule has 0 heterocycles. The molecule has 11 heavy (non-hydrogen) atoms. The third-order valence-corrected chi connectivity index (χ3v) is 1.44. The van der Waals surface area contributed by atoms with E-state index < -0.39 is 0 Å². The van der Waals surface area contributed by atoms with Crippen LogP contribution in [-0.2, 0) is 0 Å². The average molecular weight is 148 g/mol. The molecule has 2 nitrogen and oxygen atoms in total. The van der Waals surface area contributed by atoms with Crippen LogP contribution >= 0.6 is 0 Å². The fraction of sp³-hybridized carbons (Fsp3) is 0.250. The zero-order valence-corrected chi connectivity index (χ0v) is 6.63. The topological polar surface area (TPSA) is 18.5 Å². The standard InChI is InChI=1S/C8H9BO2/c1-10-6-3-4-8(11-2)7(9)5-6/h3-5H,1-2H3. The van der Waals surface area contributed by atoms with Crippen LogP contribution in [0, 0.1) is 0 Å². The molecular weight excluding hydrogens is 139 g/mol. The van der Waals surface area contributed by atoms with Gasteiger partial charge in [0.15, 0.2) is 0 Å². The molecule has 0 N–H and O–H groups in total. The SMILES string of the molecule is [B]c1cc(OC)ccc1OC. The van der Waals surface area contributed by atoms with Gasteiger partial charge in [-0.05, 0) is 18.2 Å². The second-order valence-electron chi connectivity index (χ2n) is 2.11. The zero-order chi connectivity index (χ0) is 8.27. The number of hydrogen-bond donors (Lipinski definition) is 0. The van der Waals surface area contributed by atoms with Crippen molar-refractivity contribution < 1.29 is 9.47 Å². The van der Waals surface area contributed by atoms with Gasteiger partial charge in [-0.15, -0.1) is 0 Å². The normalized spacial score (nSPS) is 9.27. The summed E-state index contributed by atoms with van der Waals surface area (Å²) in [6.45, 7) is 0. The van der Waals surface area contributed by atoms with Gasteiger partial charge in [-0.1, -0.05) is 5.46 Å². The van der Waals surface area contributed by atoms with Gasteiger partial charge < -0.3 is 9.47 Å². The Morgan fingerprint density at radius 2 is 1.91 bits per heavy atom. The first-order chi connectivity index (χ1) is 5.27. The van der Waals surface area contributed by atoms with E-state index in [2.05, 4.69) is 0 Å². The summed E-state index contributed by atoms with van der Waals surface area (Å²) in [6.07, 6.45) is 0. The van der Waals surface area contributed by atoms with Crippen molar-refractivity contribution in [2.75, 3.05) is 14.2 Å². The number of methoxy groups -OCH3 is 2. The molecule has 0 fully saturated rings. The van der Waals surface area contributed by atoms with Gasteiger partial charge in [0.25, 0.3) is 0 Å². The highest BCUT2D eigenvalue weighted by Crippen LogP contribution is 2.12. The lowest BCUT2D eigenvalue weighted by molar-refractivity contribution is 0.406. The van der Waals surface area contributed by atoms with Crippen molar-refractivity contribution in [1.82, 2.24) is 0 Å². The van der Waals surface area contributed by atoms with Crippen LogP contribution in [0.4, 0.5) is 0 Å². The van der Waals surface area contributed by atoms with Gasteiger partial charge >= 0.3 is 0 Å². The van der Waals surface area contributed by atoms with E-state index in [0.29, 0.717) is 11.2 Å². The van der Waals surface area contributed by atoms with Crippen LogP contribution in [0.15, 0.2) is 18.2 Å². The maximum atomic E-state index is 5.60. The fourth-order valence-corrected chi connectivity index (χ4v) is 0.839. The summed E-state index contributed by atoms with van der Waals surface area (Å²) in [5.41, 5.74) is 0.590. The van der Waals surface area contributed by atoms with Gasteiger partial charge in [0.1, 0.15) is 19.3 Å². The van der Waals surface area contributed by atoms with E-state index in [-0.39, 0.29) is 0 Å². The Balaban J connectivity index is 2.99. The van der Waals surface area contributed by atoms with Gasteiger partial charge in [-0.25, -0.2) is 0 Å². The van der Waals surface area contributed by atoms with Crippen LogP contribution in [0.2, 0.25) is 0 Å². The fourth-order valence-electron chi connectivity index (χ4n) is 0.839. The molecule has 0 aliphatic heterocycles. The maximum absolute atomic E-state index is 5.60. The summed E-state index contributed by atoms with van der Waals surface area (Å²) < 4.78 is 9.92. The predicted octanol–water partition coefficient (Wildman–Crippen LogP) is 0.498. The molecule has 56 valence electrons. The van der Waals surface area contributed by atoms with Crippen molar-refractivity contribution in [3.8, 4) is 11.5 Å². The number of rotatable bonds is 2. The lowest BCUT2D eigenvalue weighted by Crippen LogP contribution is -2.06. The first kappa shape index (κ1) is 7.99. The van der Waals surface area contributed by atoms with Crippen molar-refractivity contribution in [3.05, 3.63) is 18.2 Å². The van der Waals surface area contributed by atoms with E-state index in [1.54, 1.807) is 32.4 Å². The highest BCUT2D eigenvalue weighted by atomic mass is 16.5. The molecule has 0 aromatic heterocycles. The van der Waals surface area contributed by atoms with Gasteiger partial charge in [0.2, 0.25) is 0 Å². The minimum Gasteiger partial charge on any atom is -0.497 e. The van der Waals surface area contributed by atoms with Crippen LogP contribution in [0.3, 0.4) is 0 Å². The van der Waals surface area contributed by atoms with E-state index in [4.69, 9.17) is 17.3 Å². The lowest BCUT2D eigenvalue weighted by atomic mass is 9.95. The van der Waals surface area contributed by atoms with E-state index in [1.165, 1.54) is 0 Å². The Kier molecular flexibility index (Phi) is 2.42. The largest absolute Gasteiger partial charge is 0.497 e. The van der Waals surface area contributed by atoms with Gasteiger partial charge in [-0.2, -0.15) is 0 Å². The quantitative estimate of drug-likeness (QED) is 0.568. The Hall–Kier alpha value is -1.12. The molecule has 0 aliphatic carbocycles. The van der Waals surface area contributed by atoms with Crippen molar-refractivity contribution >= 4 is 13.3 Å². The highest BCUT2D eigenvalue weighted by molar-refractivity contribution is 6.34. The first-order valence-electron chi connectivity index (χ1n) is 3.25. The summed E-state index contributed by atoms with van der Waals surface area (Å²) >= 11 is 0. The molecule has 2 radical (unpaired) electrons. The Labute approximate surface area is 67.5 Å². The summed E-state index contributed by atoms with van der Waals surface area (Å²) in [7, 11) is 8.78. The molecule has 1 rings (SSSR count). The first-order valence-corrected chi connectivity index (χ1v) is 3.25. The Morgan fingerprint density at radius 3 is 2.36 bits per heavy atom. The van der Waals surface area contributed by atoms with Crippen molar-refractivity contribution in [3.63, 3.8) is 0 Å². The van der Waals surface area contributed by atoms with E-state index in [0.717, 1.165) is 5.75 Å². The van der Waals surface area contributed by atoms with E-state index in [9.17, 15) is 0 Å². The molecule has 0 atom stereocenters. The molecule has 0 unspecified atom stereocenters. The van der Waals surface area contributed by atoms with Gasteiger partial charge in [-0.3, -0.25) is 0 Å². The van der Waals surface area contributed by atoms with Crippen LogP contribution in [0.1, 0.15) is 0 Å². The van der Waals surface area contributed by atoms with E-state index in [1.807, 2.05) is 0 Å². The van der Waals surface area contributed by atoms with Crippen LogP contribution in [0.5, 0.6) is 11.5 Å². The third kappa shape index (κ3) is 1.67. The summed E-state index contributed by atoms with van der Waals surface area (Å²) in [4.78, 5) is 0. The van der Waals surface area contributed by atoms with Crippen LogP contribution in [0.25, 0.3) is 0 Å². The molecule has 1 aromatic carbocycles. The maximum Gasteiger partial charge on any atom is 0.119 e. The summed E-state index contributed by atoms with van der Waals surface area (Å²) in [6, 6.07) is 5.29. The molecule has 0 saturated carbocycles. The molecule has 1 aromatic rings. The molecule has 0 spiro atoms. The van der Waals surface area contributed by atoms with Crippen molar-refractivity contribution in [2.45, 2.75) is 0 Å². The van der Waals surface area contributed by atoms with Gasteiger partial charge in [0, 0.05) is 0 Å². The lowest BCUT2D eigenvalue weighted by Gasteiger charge is -2.05. The van der Waals surface area contributed by atoms with Crippen molar-refractivity contribution in [1.29, 1.82) is 0 Å². The summed E-state index contributed by atoms with van der Waals surface area (Å²) in [5.74, 6) is 1.41. The molecule has 0 amide bonds. The van der Waals surface area contributed by atoms with E-state index >= 15 is 0 Å². The van der Waals surface area contributed by atoms with Crippen LogP contribution < -0.4 is 14.9 Å². The second kappa shape index (κ2) is 3.33. The Bertz CT molecular complexity index is 248. The minimum absolute atomic E-state index is 0.590. The molecule has 3 heteroatoms. The number of benzene rings is 1. The van der Waals surface area contributed by atoms with Crippen LogP contribution in [-0.4, -0.2) is 22.1 Å². The smallest absolute Gasteiger partial charge is 0.119 e. The predicted molar refractivity (Wildman–Crippen MR) is 44.9 cm³/mol. The molecular formula is C8H9BO2. The minimum atomic E-state index is 0.590. The highest BCUT2D eigenvalue weighted by Gasteiger charge is 1.97. The summed E-state index contributed by atoms with van der Waals surface area (Å²) in [5, 5.41) is 0. The monoisotopic (exact) mass is 148 g/mol. The zero-order valence-electron chi connectivity index (χ0n) is 6.63. The average Bonchev–Trinajstić information content (AvgIpc) is 2.04. The molecule has 0 aliphatic rings. The van der Waals surface area contributed by atoms with Crippen molar-refractivity contribution in [2.24, 2.45) is 0 Å². The Morgan fingerprint density at radius 1 is 1.18 bits per heavy atom. The second-order valence-corrected chi connectivity index (χ2v) is 2.11.